The van der Waals surface area contributed by atoms with Gasteiger partial charge in [-0.2, -0.15) is 0 Å². The van der Waals surface area contributed by atoms with E-state index in [0.29, 0.717) is 6.61 Å². The van der Waals surface area contributed by atoms with Gasteiger partial charge in [-0.05, 0) is 26.1 Å². The highest BCUT2D eigenvalue weighted by Gasteiger charge is 2.04. The lowest BCUT2D eigenvalue weighted by Gasteiger charge is -2.10. The number of ether oxygens (including phenoxy) is 1. The van der Waals surface area contributed by atoms with Crippen molar-refractivity contribution in [1.82, 2.24) is 14.7 Å². The van der Waals surface area contributed by atoms with E-state index in [9.17, 15) is 0 Å². The first-order valence-corrected chi connectivity index (χ1v) is 5.48. The van der Waals surface area contributed by atoms with Crippen molar-refractivity contribution in [2.45, 2.75) is 19.6 Å². The van der Waals surface area contributed by atoms with Crippen molar-refractivity contribution in [2.75, 3.05) is 13.6 Å². The van der Waals surface area contributed by atoms with Crippen molar-refractivity contribution in [1.29, 1.82) is 0 Å². The molecular formula is C12H17N3O. The van der Waals surface area contributed by atoms with E-state index >= 15 is 0 Å². The average Bonchev–Trinajstić information content (AvgIpc) is 2.69. The lowest BCUT2D eigenvalue weighted by molar-refractivity contribution is 0.0527. The monoisotopic (exact) mass is 219 g/mol. The molecule has 0 aliphatic carbocycles. The zero-order valence-corrected chi connectivity index (χ0v) is 9.68. The zero-order valence-electron chi connectivity index (χ0n) is 9.68. The molecule has 2 rings (SSSR count). The minimum Gasteiger partial charge on any atom is -0.371 e. The maximum absolute atomic E-state index is 5.66. The van der Waals surface area contributed by atoms with Crippen LogP contribution in [0.4, 0.5) is 0 Å². The van der Waals surface area contributed by atoms with E-state index in [1.54, 1.807) is 0 Å². The fraction of sp³-hybridized carbons (Fsp3) is 0.417. The van der Waals surface area contributed by atoms with Crippen LogP contribution in [-0.2, 0) is 11.3 Å². The molecule has 0 bridgehead atoms. The average molecular weight is 219 g/mol. The molecule has 0 aromatic carbocycles. The molecule has 2 heterocycles. The van der Waals surface area contributed by atoms with Crippen molar-refractivity contribution < 1.29 is 4.74 Å². The Morgan fingerprint density at radius 1 is 1.50 bits per heavy atom. The highest BCUT2D eigenvalue weighted by Crippen LogP contribution is 2.06. The molecule has 4 nitrogen and oxygen atoms in total. The Labute approximate surface area is 95.3 Å². The molecule has 1 N–H and O–H groups in total. The Morgan fingerprint density at radius 3 is 3.12 bits per heavy atom. The second-order valence-electron chi connectivity index (χ2n) is 3.88. The van der Waals surface area contributed by atoms with Crippen LogP contribution in [0.2, 0.25) is 0 Å². The van der Waals surface area contributed by atoms with Crippen molar-refractivity contribution >= 4 is 5.65 Å². The van der Waals surface area contributed by atoms with Crippen LogP contribution >= 0.6 is 0 Å². The third kappa shape index (κ3) is 2.59. The molecule has 0 aliphatic rings. The normalized spacial score (nSPS) is 13.1. The summed E-state index contributed by atoms with van der Waals surface area (Å²) in [6, 6.07) is 5.96. The summed E-state index contributed by atoms with van der Waals surface area (Å²) in [7, 11) is 1.92. The number of aromatic nitrogens is 2. The molecule has 0 saturated carbocycles. The third-order valence-corrected chi connectivity index (χ3v) is 2.42. The summed E-state index contributed by atoms with van der Waals surface area (Å²) < 4.78 is 7.66. The lowest BCUT2D eigenvalue weighted by atomic mass is 10.4. The largest absolute Gasteiger partial charge is 0.371 e. The zero-order chi connectivity index (χ0) is 11.4. The van der Waals surface area contributed by atoms with Crippen LogP contribution in [0.5, 0.6) is 0 Å². The Kier molecular flexibility index (Phi) is 3.54. The SMILES string of the molecule is CNCC(C)OCc1cn2ccccc2n1. The van der Waals surface area contributed by atoms with Crippen LogP contribution in [-0.4, -0.2) is 29.1 Å². The van der Waals surface area contributed by atoms with Gasteiger partial charge < -0.3 is 14.5 Å². The van der Waals surface area contributed by atoms with Crippen molar-refractivity contribution in [2.24, 2.45) is 0 Å². The summed E-state index contributed by atoms with van der Waals surface area (Å²) >= 11 is 0. The minimum atomic E-state index is 0.204. The number of hydrogen-bond acceptors (Lipinski definition) is 3. The molecule has 2 aromatic heterocycles. The molecule has 0 aliphatic heterocycles. The van der Waals surface area contributed by atoms with Gasteiger partial charge in [0.2, 0.25) is 0 Å². The van der Waals surface area contributed by atoms with Crippen molar-refractivity contribution in [3.05, 3.63) is 36.3 Å². The van der Waals surface area contributed by atoms with E-state index in [0.717, 1.165) is 17.9 Å². The summed E-state index contributed by atoms with van der Waals surface area (Å²) in [4.78, 5) is 4.46. The molecule has 0 saturated heterocycles. The molecule has 0 radical (unpaired) electrons. The number of hydrogen-bond donors (Lipinski definition) is 1. The topological polar surface area (TPSA) is 38.6 Å². The predicted molar refractivity (Wildman–Crippen MR) is 63.4 cm³/mol. The van der Waals surface area contributed by atoms with Crippen LogP contribution in [0, 0.1) is 0 Å². The summed E-state index contributed by atoms with van der Waals surface area (Å²) in [6.07, 6.45) is 4.19. The van der Waals surface area contributed by atoms with Gasteiger partial charge in [0.15, 0.2) is 0 Å². The number of pyridine rings is 1. The van der Waals surface area contributed by atoms with Gasteiger partial charge in [0.05, 0.1) is 18.4 Å². The molecule has 0 fully saturated rings. The number of likely N-dealkylation sites (N-methyl/N-ethyl adjacent to an activating group) is 1. The fourth-order valence-corrected chi connectivity index (χ4v) is 1.63. The second-order valence-corrected chi connectivity index (χ2v) is 3.88. The molecule has 4 heteroatoms. The van der Waals surface area contributed by atoms with Crippen LogP contribution in [0.1, 0.15) is 12.6 Å². The number of nitrogens with zero attached hydrogens (tertiary/aromatic N) is 2. The summed E-state index contributed by atoms with van der Waals surface area (Å²) in [6.45, 7) is 3.46. The van der Waals surface area contributed by atoms with Gasteiger partial charge in [0.1, 0.15) is 5.65 Å². The first-order valence-electron chi connectivity index (χ1n) is 5.48. The van der Waals surface area contributed by atoms with Crippen LogP contribution in [0.15, 0.2) is 30.6 Å². The highest BCUT2D eigenvalue weighted by molar-refractivity contribution is 5.39. The maximum atomic E-state index is 5.66. The molecule has 0 spiro atoms. The van der Waals surface area contributed by atoms with Crippen LogP contribution in [0.3, 0.4) is 0 Å². The summed E-state index contributed by atoms with van der Waals surface area (Å²) in [5.41, 5.74) is 1.93. The molecule has 1 unspecified atom stereocenters. The van der Waals surface area contributed by atoms with E-state index < -0.39 is 0 Å². The van der Waals surface area contributed by atoms with E-state index in [1.165, 1.54) is 0 Å². The van der Waals surface area contributed by atoms with E-state index in [-0.39, 0.29) is 6.10 Å². The van der Waals surface area contributed by atoms with Gasteiger partial charge in [-0.15, -0.1) is 0 Å². The molecule has 86 valence electrons. The van der Waals surface area contributed by atoms with Crippen LogP contribution in [0.25, 0.3) is 5.65 Å². The predicted octanol–water partition coefficient (Wildman–Crippen LogP) is 1.46. The quantitative estimate of drug-likeness (QED) is 0.827. The first kappa shape index (κ1) is 11.1. The Balaban J connectivity index is 1.99. The number of rotatable bonds is 5. The Hall–Kier alpha value is -1.39. The van der Waals surface area contributed by atoms with Gasteiger partial charge in [-0.25, -0.2) is 4.98 Å². The Morgan fingerprint density at radius 2 is 2.38 bits per heavy atom. The van der Waals surface area contributed by atoms with Crippen molar-refractivity contribution in [3.8, 4) is 0 Å². The third-order valence-electron chi connectivity index (χ3n) is 2.42. The number of fused-ring (bicyclic) bond motifs is 1. The van der Waals surface area contributed by atoms with Crippen molar-refractivity contribution in [3.63, 3.8) is 0 Å². The van der Waals surface area contributed by atoms with Crippen LogP contribution < -0.4 is 5.32 Å². The molecule has 2 aromatic rings. The summed E-state index contributed by atoms with van der Waals surface area (Å²) in [5, 5.41) is 3.08. The molecule has 1 atom stereocenters. The number of nitrogens with one attached hydrogen (secondary N) is 1. The molecule has 0 amide bonds. The first-order chi connectivity index (χ1) is 7.79. The number of imidazole rings is 1. The minimum absolute atomic E-state index is 0.204. The van der Waals surface area contributed by atoms with Gasteiger partial charge in [-0.1, -0.05) is 6.07 Å². The van der Waals surface area contributed by atoms with E-state index in [1.807, 2.05) is 49.0 Å². The Bertz CT molecular complexity index is 419. The smallest absolute Gasteiger partial charge is 0.137 e. The molecular weight excluding hydrogens is 202 g/mol. The standard InChI is InChI=1S/C12H17N3O/c1-10(7-13-2)16-9-11-8-15-6-4-3-5-12(15)14-11/h3-6,8,10,13H,7,9H2,1-2H3. The maximum Gasteiger partial charge on any atom is 0.137 e. The lowest BCUT2D eigenvalue weighted by Crippen LogP contribution is -2.23. The fourth-order valence-electron chi connectivity index (χ4n) is 1.63. The van der Waals surface area contributed by atoms with Gasteiger partial charge in [0, 0.05) is 18.9 Å². The van der Waals surface area contributed by atoms with Gasteiger partial charge in [0.25, 0.3) is 0 Å². The van der Waals surface area contributed by atoms with E-state index in [2.05, 4.69) is 10.3 Å². The van der Waals surface area contributed by atoms with E-state index in [4.69, 9.17) is 4.74 Å². The van der Waals surface area contributed by atoms with Gasteiger partial charge >= 0.3 is 0 Å². The summed E-state index contributed by atoms with van der Waals surface area (Å²) in [5.74, 6) is 0. The highest BCUT2D eigenvalue weighted by atomic mass is 16.5. The van der Waals surface area contributed by atoms with Gasteiger partial charge in [-0.3, -0.25) is 0 Å². The molecule has 16 heavy (non-hydrogen) atoms. The second kappa shape index (κ2) is 5.09.